The number of rotatable bonds is 6. The fourth-order valence-corrected chi connectivity index (χ4v) is 1.77. The van der Waals surface area contributed by atoms with Crippen molar-refractivity contribution in [2.45, 2.75) is 25.0 Å². The minimum absolute atomic E-state index is 0.107. The number of hydrogen-bond acceptors (Lipinski definition) is 4. The number of carbonyl (C=O) groups is 2. The first-order valence-corrected chi connectivity index (χ1v) is 6.44. The highest BCUT2D eigenvalue weighted by Gasteiger charge is 2.54. The average molecular weight is 278 g/mol. The molecule has 0 unspecified atom stereocenters. The lowest BCUT2D eigenvalue weighted by Crippen LogP contribution is -2.42. The number of hydrogen-bond donors (Lipinski definition) is 2. The van der Waals surface area contributed by atoms with E-state index in [0.29, 0.717) is 19.4 Å². The second-order valence-electron chi connectivity index (χ2n) is 4.66. The Morgan fingerprint density at radius 1 is 1.20 bits per heavy atom. The summed E-state index contributed by atoms with van der Waals surface area (Å²) < 4.78 is 9.97. The number of ether oxygens (including phenoxy) is 2. The Labute approximate surface area is 117 Å². The molecule has 1 aromatic rings. The van der Waals surface area contributed by atoms with Crippen LogP contribution < -0.4 is 10.6 Å². The highest BCUT2D eigenvalue weighted by molar-refractivity contribution is 5.90. The number of benzene rings is 1. The van der Waals surface area contributed by atoms with Gasteiger partial charge in [0.1, 0.15) is 6.73 Å². The topological polar surface area (TPSA) is 76.7 Å². The SMILES string of the molecule is COCNC(=O)C1(OC(=O)NCc2ccccc2)CC1. The molecule has 0 aromatic heterocycles. The van der Waals surface area contributed by atoms with Crippen LogP contribution in [0.1, 0.15) is 18.4 Å². The van der Waals surface area contributed by atoms with Crippen LogP contribution in [-0.4, -0.2) is 31.4 Å². The highest BCUT2D eigenvalue weighted by atomic mass is 16.6. The third kappa shape index (κ3) is 3.71. The molecule has 0 saturated heterocycles. The lowest BCUT2D eigenvalue weighted by molar-refractivity contribution is -0.133. The van der Waals surface area contributed by atoms with Crippen molar-refractivity contribution in [3.05, 3.63) is 35.9 Å². The first-order valence-electron chi connectivity index (χ1n) is 6.44. The molecular formula is C14H18N2O4. The van der Waals surface area contributed by atoms with Gasteiger partial charge in [0.15, 0.2) is 5.60 Å². The summed E-state index contributed by atoms with van der Waals surface area (Å²) in [5.41, 5.74) is -0.0441. The molecule has 20 heavy (non-hydrogen) atoms. The van der Waals surface area contributed by atoms with Crippen LogP contribution in [0.4, 0.5) is 4.79 Å². The summed E-state index contributed by atoms with van der Waals surface area (Å²) >= 11 is 0. The Hall–Kier alpha value is -2.08. The molecule has 1 saturated carbocycles. The lowest BCUT2D eigenvalue weighted by atomic mass is 10.2. The van der Waals surface area contributed by atoms with Crippen molar-refractivity contribution >= 4 is 12.0 Å². The van der Waals surface area contributed by atoms with Crippen LogP contribution >= 0.6 is 0 Å². The monoisotopic (exact) mass is 278 g/mol. The zero-order chi connectivity index (χ0) is 14.4. The molecule has 108 valence electrons. The molecule has 2 amide bonds. The highest BCUT2D eigenvalue weighted by Crippen LogP contribution is 2.39. The molecule has 0 radical (unpaired) electrons. The zero-order valence-corrected chi connectivity index (χ0v) is 11.3. The van der Waals surface area contributed by atoms with Crippen LogP contribution in [0.2, 0.25) is 0 Å². The van der Waals surface area contributed by atoms with Crippen LogP contribution in [0.3, 0.4) is 0 Å². The van der Waals surface area contributed by atoms with E-state index in [2.05, 4.69) is 10.6 Å². The van der Waals surface area contributed by atoms with E-state index in [0.717, 1.165) is 5.56 Å². The third-order valence-corrected chi connectivity index (χ3v) is 3.06. The number of carbonyl (C=O) groups excluding carboxylic acids is 2. The summed E-state index contributed by atoms with van der Waals surface area (Å²) in [6.45, 7) is 0.477. The minimum atomic E-state index is -1.01. The van der Waals surface area contributed by atoms with Gasteiger partial charge < -0.3 is 20.1 Å². The van der Waals surface area contributed by atoms with Crippen molar-refractivity contribution in [3.63, 3.8) is 0 Å². The van der Waals surface area contributed by atoms with Gasteiger partial charge in [-0.1, -0.05) is 30.3 Å². The maximum Gasteiger partial charge on any atom is 0.408 e. The second kappa shape index (κ2) is 6.38. The zero-order valence-electron chi connectivity index (χ0n) is 11.3. The van der Waals surface area contributed by atoms with Gasteiger partial charge in [-0.25, -0.2) is 4.79 Å². The standard InChI is InChI=1S/C14H18N2O4/c1-19-10-16-12(17)14(7-8-14)20-13(18)15-9-11-5-3-2-4-6-11/h2-6H,7-10H2,1H3,(H,15,18)(H,16,17). The van der Waals surface area contributed by atoms with Crippen molar-refractivity contribution in [2.75, 3.05) is 13.8 Å². The number of methoxy groups -OCH3 is 1. The molecule has 0 aliphatic heterocycles. The molecule has 0 atom stereocenters. The first kappa shape index (κ1) is 14.3. The molecule has 0 spiro atoms. The molecule has 1 aliphatic carbocycles. The van der Waals surface area contributed by atoms with Gasteiger partial charge in [0.25, 0.3) is 5.91 Å². The molecule has 0 bridgehead atoms. The maximum absolute atomic E-state index is 11.8. The molecule has 1 aromatic carbocycles. The summed E-state index contributed by atoms with van der Waals surface area (Å²) in [6, 6.07) is 9.49. The van der Waals surface area contributed by atoms with Crippen molar-refractivity contribution in [3.8, 4) is 0 Å². The smallest absolute Gasteiger partial charge is 0.408 e. The normalized spacial score (nSPS) is 15.2. The second-order valence-corrected chi connectivity index (χ2v) is 4.66. The van der Waals surface area contributed by atoms with Crippen LogP contribution in [0, 0.1) is 0 Å². The largest absolute Gasteiger partial charge is 0.433 e. The number of alkyl carbamates (subject to hydrolysis) is 1. The predicted molar refractivity (Wildman–Crippen MR) is 71.7 cm³/mol. The quantitative estimate of drug-likeness (QED) is 0.766. The van der Waals surface area contributed by atoms with Crippen molar-refractivity contribution in [1.29, 1.82) is 0 Å². The van der Waals surface area contributed by atoms with E-state index in [4.69, 9.17) is 9.47 Å². The van der Waals surface area contributed by atoms with E-state index in [-0.39, 0.29) is 12.6 Å². The Morgan fingerprint density at radius 2 is 1.90 bits per heavy atom. The van der Waals surface area contributed by atoms with Crippen LogP contribution in [0.5, 0.6) is 0 Å². The predicted octanol–water partition coefficient (Wildman–Crippen LogP) is 1.17. The van der Waals surface area contributed by atoms with Gasteiger partial charge in [0.05, 0.1) is 0 Å². The lowest BCUT2D eigenvalue weighted by Gasteiger charge is -2.16. The Morgan fingerprint density at radius 3 is 2.50 bits per heavy atom. The molecule has 6 heteroatoms. The number of nitrogens with one attached hydrogen (secondary N) is 2. The fraction of sp³-hybridized carbons (Fsp3) is 0.429. The van der Waals surface area contributed by atoms with Gasteiger partial charge in [0, 0.05) is 26.5 Å². The van der Waals surface area contributed by atoms with E-state index in [1.54, 1.807) is 0 Å². The Bertz CT molecular complexity index is 471. The molecule has 2 rings (SSSR count). The van der Waals surface area contributed by atoms with Gasteiger partial charge in [-0.3, -0.25) is 4.79 Å². The first-order chi connectivity index (χ1) is 9.66. The van der Waals surface area contributed by atoms with Gasteiger partial charge in [-0.15, -0.1) is 0 Å². The average Bonchev–Trinajstić information content (AvgIpc) is 3.24. The van der Waals surface area contributed by atoms with Gasteiger partial charge in [-0.05, 0) is 5.56 Å². The summed E-state index contributed by atoms with van der Waals surface area (Å²) in [4.78, 5) is 23.5. The molecular weight excluding hydrogens is 260 g/mol. The Balaban J connectivity index is 1.78. The van der Waals surface area contributed by atoms with Crippen molar-refractivity contribution in [2.24, 2.45) is 0 Å². The maximum atomic E-state index is 11.8. The van der Waals surface area contributed by atoms with Crippen molar-refractivity contribution in [1.82, 2.24) is 10.6 Å². The summed E-state index contributed by atoms with van der Waals surface area (Å²) in [7, 11) is 1.48. The van der Waals surface area contributed by atoms with Gasteiger partial charge in [0.2, 0.25) is 0 Å². The van der Waals surface area contributed by atoms with E-state index in [1.165, 1.54) is 7.11 Å². The summed E-state index contributed by atoms with van der Waals surface area (Å²) in [5.74, 6) is -0.311. The van der Waals surface area contributed by atoms with E-state index >= 15 is 0 Å². The summed E-state index contributed by atoms with van der Waals surface area (Å²) in [5, 5.41) is 5.18. The Kier molecular flexibility index (Phi) is 4.57. The van der Waals surface area contributed by atoms with E-state index < -0.39 is 11.7 Å². The molecule has 2 N–H and O–H groups in total. The van der Waals surface area contributed by atoms with E-state index in [9.17, 15) is 9.59 Å². The minimum Gasteiger partial charge on any atom is -0.433 e. The molecule has 1 fully saturated rings. The fourth-order valence-electron chi connectivity index (χ4n) is 1.77. The molecule has 6 nitrogen and oxygen atoms in total. The third-order valence-electron chi connectivity index (χ3n) is 3.06. The van der Waals surface area contributed by atoms with Crippen LogP contribution in [0.15, 0.2) is 30.3 Å². The molecule has 1 aliphatic rings. The number of amides is 2. The van der Waals surface area contributed by atoms with Gasteiger partial charge in [-0.2, -0.15) is 0 Å². The van der Waals surface area contributed by atoms with Gasteiger partial charge >= 0.3 is 6.09 Å². The van der Waals surface area contributed by atoms with Crippen LogP contribution in [0.25, 0.3) is 0 Å². The molecule has 0 heterocycles. The summed E-state index contributed by atoms with van der Waals surface area (Å²) in [6.07, 6.45) is 0.502. The van der Waals surface area contributed by atoms with Crippen LogP contribution in [-0.2, 0) is 20.8 Å². The van der Waals surface area contributed by atoms with E-state index in [1.807, 2.05) is 30.3 Å². The van der Waals surface area contributed by atoms with Crippen molar-refractivity contribution < 1.29 is 19.1 Å².